The van der Waals surface area contributed by atoms with Gasteiger partial charge in [0.2, 0.25) is 10.0 Å². The van der Waals surface area contributed by atoms with Gasteiger partial charge in [-0.15, -0.1) is 12.4 Å². The Morgan fingerprint density at radius 3 is 2.44 bits per heavy atom. The van der Waals surface area contributed by atoms with Crippen molar-refractivity contribution in [3.63, 3.8) is 0 Å². The molecule has 8 heteroatoms. The maximum Gasteiger partial charge on any atom is 0.243 e. The fourth-order valence-electron chi connectivity index (χ4n) is 2.69. The van der Waals surface area contributed by atoms with E-state index in [-0.39, 0.29) is 23.2 Å². The molecule has 0 aliphatic carbocycles. The molecule has 0 aromatic heterocycles. The van der Waals surface area contributed by atoms with Crippen molar-refractivity contribution in [1.82, 2.24) is 4.31 Å². The van der Waals surface area contributed by atoms with Crippen molar-refractivity contribution in [2.24, 2.45) is 11.7 Å². The Kier molecular flexibility index (Phi) is 6.71. The van der Waals surface area contributed by atoms with E-state index < -0.39 is 10.0 Å². The number of nitrogens with zero attached hydrogens (tertiary/aromatic N) is 1. The maximum absolute atomic E-state index is 12.6. The zero-order valence-electron chi connectivity index (χ0n) is 13.5. The van der Waals surface area contributed by atoms with Gasteiger partial charge in [0.15, 0.2) is 0 Å². The molecule has 2 N–H and O–H groups in total. The first-order chi connectivity index (χ1) is 11.5. The lowest BCUT2D eigenvalue weighted by Gasteiger charge is -2.16. The zero-order valence-corrected chi connectivity index (χ0v) is 15.9. The summed E-state index contributed by atoms with van der Waals surface area (Å²) in [5.74, 6) is 1.30. The van der Waals surface area contributed by atoms with Gasteiger partial charge in [0.05, 0.1) is 9.92 Å². The lowest BCUT2D eigenvalue weighted by molar-refractivity contribution is 0.458. The second-order valence-electron chi connectivity index (χ2n) is 5.76. The summed E-state index contributed by atoms with van der Waals surface area (Å²) in [5, 5.41) is 0.499. The molecule has 5 nitrogen and oxygen atoms in total. The van der Waals surface area contributed by atoms with E-state index in [1.54, 1.807) is 36.4 Å². The highest BCUT2D eigenvalue weighted by atomic mass is 35.5. The highest BCUT2D eigenvalue weighted by Gasteiger charge is 2.31. The Bertz CT molecular complexity index is 813. The topological polar surface area (TPSA) is 72.6 Å². The van der Waals surface area contributed by atoms with E-state index in [0.717, 1.165) is 6.42 Å². The van der Waals surface area contributed by atoms with Crippen molar-refractivity contribution < 1.29 is 13.2 Å². The summed E-state index contributed by atoms with van der Waals surface area (Å²) in [6, 6.07) is 13.5. The average Bonchev–Trinajstić information content (AvgIpc) is 3.07. The van der Waals surface area contributed by atoms with Crippen LogP contribution < -0.4 is 10.5 Å². The summed E-state index contributed by atoms with van der Waals surface area (Å²) in [5.41, 5.74) is 5.63. The van der Waals surface area contributed by atoms with E-state index in [0.29, 0.717) is 36.2 Å². The minimum atomic E-state index is -3.48. The van der Waals surface area contributed by atoms with Crippen LogP contribution in [0.25, 0.3) is 0 Å². The normalized spacial score (nSPS) is 17.9. The molecule has 0 amide bonds. The number of rotatable bonds is 5. The van der Waals surface area contributed by atoms with E-state index in [4.69, 9.17) is 22.1 Å². The van der Waals surface area contributed by atoms with Gasteiger partial charge in [-0.25, -0.2) is 8.42 Å². The van der Waals surface area contributed by atoms with E-state index >= 15 is 0 Å². The van der Waals surface area contributed by atoms with Crippen molar-refractivity contribution in [3.05, 3.63) is 53.6 Å². The number of hydrogen-bond donors (Lipinski definition) is 1. The first-order valence-corrected chi connectivity index (χ1v) is 9.55. The zero-order chi connectivity index (χ0) is 17.2. The van der Waals surface area contributed by atoms with Crippen LogP contribution in [-0.4, -0.2) is 32.4 Å². The average molecular weight is 403 g/mol. The van der Waals surface area contributed by atoms with Gasteiger partial charge in [-0.1, -0.05) is 23.7 Å². The Balaban J connectivity index is 0.00000225. The molecule has 3 rings (SSSR count). The largest absolute Gasteiger partial charge is 0.456 e. The molecule has 1 aliphatic rings. The van der Waals surface area contributed by atoms with Crippen LogP contribution in [0.3, 0.4) is 0 Å². The fraction of sp³-hybridized carbons (Fsp3) is 0.294. The maximum atomic E-state index is 12.6. The van der Waals surface area contributed by atoms with E-state index in [9.17, 15) is 8.42 Å². The van der Waals surface area contributed by atoms with Crippen LogP contribution in [-0.2, 0) is 10.0 Å². The third-order valence-electron chi connectivity index (χ3n) is 4.11. The second kappa shape index (κ2) is 8.38. The molecule has 2 aromatic carbocycles. The van der Waals surface area contributed by atoms with Gasteiger partial charge in [0, 0.05) is 13.1 Å². The van der Waals surface area contributed by atoms with Gasteiger partial charge >= 0.3 is 0 Å². The molecule has 0 radical (unpaired) electrons. The highest BCUT2D eigenvalue weighted by Crippen LogP contribution is 2.30. The quantitative estimate of drug-likeness (QED) is 0.829. The Morgan fingerprint density at radius 1 is 1.16 bits per heavy atom. The van der Waals surface area contributed by atoms with Gasteiger partial charge in [-0.2, -0.15) is 4.31 Å². The van der Waals surface area contributed by atoms with Crippen molar-refractivity contribution in [1.29, 1.82) is 0 Å². The molecule has 0 spiro atoms. The summed E-state index contributed by atoms with van der Waals surface area (Å²) >= 11 is 6.05. The van der Waals surface area contributed by atoms with Crippen LogP contribution >= 0.6 is 24.0 Å². The molecule has 1 aliphatic heterocycles. The number of ether oxygens (including phenoxy) is 1. The molecule has 2 aromatic rings. The number of hydrogen-bond acceptors (Lipinski definition) is 4. The third-order valence-corrected chi connectivity index (χ3v) is 6.30. The molecule has 25 heavy (non-hydrogen) atoms. The minimum absolute atomic E-state index is 0. The predicted molar refractivity (Wildman–Crippen MR) is 101 cm³/mol. The second-order valence-corrected chi connectivity index (χ2v) is 8.10. The van der Waals surface area contributed by atoms with Gasteiger partial charge in [0.1, 0.15) is 11.5 Å². The van der Waals surface area contributed by atoms with Crippen LogP contribution in [0.5, 0.6) is 11.5 Å². The monoisotopic (exact) mass is 402 g/mol. The molecule has 1 heterocycles. The lowest BCUT2D eigenvalue weighted by Crippen LogP contribution is -2.29. The SMILES string of the molecule is Cl.NCC1CCN(S(=O)(=O)c2ccc(Oc3ccccc3Cl)cc2)C1. The van der Waals surface area contributed by atoms with Crippen LogP contribution in [0, 0.1) is 5.92 Å². The minimum Gasteiger partial charge on any atom is -0.456 e. The van der Waals surface area contributed by atoms with Gasteiger partial charge in [-0.05, 0) is 55.3 Å². The molecular weight excluding hydrogens is 383 g/mol. The standard InChI is InChI=1S/C17H19ClN2O3S.ClH/c18-16-3-1-2-4-17(16)23-14-5-7-15(8-6-14)24(21,22)20-10-9-13(11-19)12-20;/h1-8,13H,9-12,19H2;1H. The summed E-state index contributed by atoms with van der Waals surface area (Å²) < 4.78 is 32.5. The van der Waals surface area contributed by atoms with Crippen molar-refractivity contribution in [2.45, 2.75) is 11.3 Å². The summed E-state index contributed by atoms with van der Waals surface area (Å²) in [6.45, 7) is 1.51. The van der Waals surface area contributed by atoms with Crippen molar-refractivity contribution in [3.8, 4) is 11.5 Å². The highest BCUT2D eigenvalue weighted by molar-refractivity contribution is 7.89. The molecule has 1 saturated heterocycles. The first kappa shape index (κ1) is 20.0. The molecule has 1 unspecified atom stereocenters. The van der Waals surface area contributed by atoms with E-state index in [1.165, 1.54) is 4.31 Å². The van der Waals surface area contributed by atoms with Crippen LogP contribution in [0.2, 0.25) is 5.02 Å². The van der Waals surface area contributed by atoms with E-state index in [1.807, 2.05) is 12.1 Å². The first-order valence-electron chi connectivity index (χ1n) is 7.73. The van der Waals surface area contributed by atoms with Crippen LogP contribution in [0.1, 0.15) is 6.42 Å². The van der Waals surface area contributed by atoms with Gasteiger partial charge < -0.3 is 10.5 Å². The predicted octanol–water partition coefficient (Wildman–Crippen LogP) is 3.52. The van der Waals surface area contributed by atoms with Gasteiger partial charge in [-0.3, -0.25) is 0 Å². The summed E-state index contributed by atoms with van der Waals surface area (Å²) in [6.07, 6.45) is 0.809. The molecule has 0 saturated carbocycles. The van der Waals surface area contributed by atoms with E-state index in [2.05, 4.69) is 0 Å². The number of halogens is 2. The van der Waals surface area contributed by atoms with Crippen molar-refractivity contribution in [2.75, 3.05) is 19.6 Å². The Hall–Kier alpha value is -1.31. The Morgan fingerprint density at radius 2 is 1.84 bits per heavy atom. The summed E-state index contributed by atoms with van der Waals surface area (Å²) in [4.78, 5) is 0.256. The summed E-state index contributed by atoms with van der Waals surface area (Å²) in [7, 11) is -3.48. The van der Waals surface area contributed by atoms with Crippen molar-refractivity contribution >= 4 is 34.0 Å². The van der Waals surface area contributed by atoms with Crippen LogP contribution in [0.4, 0.5) is 0 Å². The smallest absolute Gasteiger partial charge is 0.243 e. The number of sulfonamides is 1. The number of nitrogens with two attached hydrogens (primary N) is 1. The lowest BCUT2D eigenvalue weighted by atomic mass is 10.1. The molecule has 1 fully saturated rings. The molecular formula is C17H20Cl2N2O3S. The third kappa shape index (κ3) is 4.46. The number of para-hydroxylation sites is 1. The van der Waals surface area contributed by atoms with Gasteiger partial charge in [0.25, 0.3) is 0 Å². The molecule has 0 bridgehead atoms. The Labute approximate surface area is 159 Å². The van der Waals surface area contributed by atoms with Crippen LogP contribution in [0.15, 0.2) is 53.4 Å². The number of benzene rings is 2. The fourth-order valence-corrected chi connectivity index (χ4v) is 4.40. The molecule has 1 atom stereocenters. The molecule has 136 valence electrons.